The van der Waals surface area contributed by atoms with Gasteiger partial charge < -0.3 is 10.4 Å². The zero-order valence-electron chi connectivity index (χ0n) is 11.5. The summed E-state index contributed by atoms with van der Waals surface area (Å²) in [6, 6.07) is 4.81. The molecule has 0 radical (unpaired) electrons. The molecule has 1 rings (SSSR count). The Morgan fingerprint density at radius 2 is 2.06 bits per heavy atom. The first kappa shape index (κ1) is 15.5. The van der Waals surface area contributed by atoms with E-state index in [1.165, 1.54) is 6.07 Å². The van der Waals surface area contributed by atoms with Gasteiger partial charge in [0.25, 0.3) is 0 Å². The molecule has 1 atom stereocenters. The summed E-state index contributed by atoms with van der Waals surface area (Å²) < 4.78 is 13.3. The molecule has 2 N–H and O–H groups in total. The maximum absolute atomic E-state index is 13.3. The van der Waals surface area contributed by atoms with E-state index in [1.807, 2.05) is 6.92 Å². The second-order valence-corrected chi connectivity index (χ2v) is 6.95. The lowest BCUT2D eigenvalue weighted by atomic mass is 10.1. The van der Waals surface area contributed by atoms with Gasteiger partial charge >= 0.3 is 0 Å². The van der Waals surface area contributed by atoms with Crippen molar-refractivity contribution in [2.24, 2.45) is 0 Å². The molecule has 0 saturated heterocycles. The van der Waals surface area contributed by atoms with Crippen LogP contribution in [0, 0.1) is 5.82 Å². The van der Waals surface area contributed by atoms with Gasteiger partial charge in [0, 0.05) is 22.2 Å². The molecule has 1 aromatic rings. The van der Waals surface area contributed by atoms with Crippen LogP contribution in [0.15, 0.2) is 23.1 Å². The highest BCUT2D eigenvalue weighted by molar-refractivity contribution is 8.00. The largest absolute Gasteiger partial charge is 0.395 e. The smallest absolute Gasteiger partial charge is 0.123 e. The summed E-state index contributed by atoms with van der Waals surface area (Å²) in [7, 11) is 0. The van der Waals surface area contributed by atoms with Crippen molar-refractivity contribution < 1.29 is 9.50 Å². The van der Waals surface area contributed by atoms with E-state index in [1.54, 1.807) is 23.9 Å². The molecule has 0 aromatic heterocycles. The van der Waals surface area contributed by atoms with E-state index in [9.17, 15) is 4.39 Å². The summed E-state index contributed by atoms with van der Waals surface area (Å²) in [4.78, 5) is 1.02. The van der Waals surface area contributed by atoms with Crippen LogP contribution in [0.25, 0.3) is 0 Å². The fourth-order valence-electron chi connectivity index (χ4n) is 1.42. The van der Waals surface area contributed by atoms with Crippen LogP contribution < -0.4 is 5.32 Å². The van der Waals surface area contributed by atoms with Gasteiger partial charge in [-0.3, -0.25) is 0 Å². The van der Waals surface area contributed by atoms with E-state index in [0.29, 0.717) is 6.54 Å². The Kier molecular flexibility index (Phi) is 5.63. The third-order valence-electron chi connectivity index (χ3n) is 2.42. The van der Waals surface area contributed by atoms with Gasteiger partial charge in [0.05, 0.1) is 6.61 Å². The quantitative estimate of drug-likeness (QED) is 0.807. The molecule has 0 aliphatic rings. The Morgan fingerprint density at radius 1 is 1.39 bits per heavy atom. The van der Waals surface area contributed by atoms with Gasteiger partial charge in [0.2, 0.25) is 0 Å². The average molecular weight is 271 g/mol. The predicted octanol–water partition coefficient (Wildman–Crippen LogP) is 3.19. The molecule has 1 aromatic carbocycles. The van der Waals surface area contributed by atoms with Crippen LogP contribution in [0.2, 0.25) is 0 Å². The number of aliphatic hydroxyl groups excluding tert-OH is 1. The number of hydrogen-bond donors (Lipinski definition) is 2. The Balaban J connectivity index is 2.83. The summed E-state index contributed by atoms with van der Waals surface area (Å²) in [6.07, 6.45) is 0. The number of thioether (sulfide) groups is 1. The van der Waals surface area contributed by atoms with E-state index in [-0.39, 0.29) is 23.2 Å². The Labute approximate surface area is 113 Å². The standard InChI is InChI=1S/C14H22FNOS/c1-10(9-17)18-13-6-5-12(15)7-11(13)8-16-14(2,3)4/h5-7,10,16-17H,8-9H2,1-4H3. The monoisotopic (exact) mass is 271 g/mol. The minimum absolute atomic E-state index is 0.00313. The predicted molar refractivity (Wildman–Crippen MR) is 75.4 cm³/mol. The second kappa shape index (κ2) is 6.55. The van der Waals surface area contributed by atoms with Crippen LogP contribution in [0.4, 0.5) is 4.39 Å². The fraction of sp³-hybridized carbons (Fsp3) is 0.571. The number of nitrogens with one attached hydrogen (secondary N) is 1. The van der Waals surface area contributed by atoms with Gasteiger partial charge in [0.15, 0.2) is 0 Å². The van der Waals surface area contributed by atoms with E-state index < -0.39 is 0 Å². The third-order valence-corrected chi connectivity index (χ3v) is 3.62. The molecule has 0 aliphatic carbocycles. The molecular weight excluding hydrogens is 249 g/mol. The molecule has 102 valence electrons. The van der Waals surface area contributed by atoms with Crippen LogP contribution >= 0.6 is 11.8 Å². The molecule has 18 heavy (non-hydrogen) atoms. The van der Waals surface area contributed by atoms with Crippen LogP contribution in [-0.4, -0.2) is 22.5 Å². The van der Waals surface area contributed by atoms with Gasteiger partial charge in [-0.15, -0.1) is 11.8 Å². The molecule has 1 unspecified atom stereocenters. The van der Waals surface area contributed by atoms with Gasteiger partial charge in [0.1, 0.15) is 5.82 Å². The first-order chi connectivity index (χ1) is 8.31. The summed E-state index contributed by atoms with van der Waals surface area (Å²) in [5, 5.41) is 12.6. The number of halogens is 1. The molecule has 0 spiro atoms. The van der Waals surface area contributed by atoms with Gasteiger partial charge in [-0.2, -0.15) is 0 Å². The molecule has 0 saturated carbocycles. The zero-order chi connectivity index (χ0) is 13.8. The number of aliphatic hydroxyl groups is 1. The van der Waals surface area contributed by atoms with Gasteiger partial charge in [-0.05, 0) is 44.5 Å². The molecule has 0 amide bonds. The summed E-state index contributed by atoms with van der Waals surface area (Å²) in [6.45, 7) is 8.94. The Morgan fingerprint density at radius 3 is 2.61 bits per heavy atom. The van der Waals surface area contributed by atoms with Crippen molar-refractivity contribution >= 4 is 11.8 Å². The maximum atomic E-state index is 13.3. The highest BCUT2D eigenvalue weighted by Gasteiger charge is 2.13. The third kappa shape index (κ3) is 5.38. The highest BCUT2D eigenvalue weighted by Crippen LogP contribution is 2.27. The fourth-order valence-corrected chi connectivity index (χ4v) is 2.35. The molecule has 0 fully saturated rings. The zero-order valence-corrected chi connectivity index (χ0v) is 12.3. The lowest BCUT2D eigenvalue weighted by molar-refractivity contribution is 0.300. The molecule has 0 bridgehead atoms. The SMILES string of the molecule is CC(CO)Sc1ccc(F)cc1CNC(C)(C)C. The van der Waals surface area contributed by atoms with Crippen molar-refractivity contribution in [1.29, 1.82) is 0 Å². The highest BCUT2D eigenvalue weighted by atomic mass is 32.2. The van der Waals surface area contributed by atoms with Crippen molar-refractivity contribution in [2.45, 2.75) is 49.9 Å². The van der Waals surface area contributed by atoms with Crippen molar-refractivity contribution in [2.75, 3.05) is 6.61 Å². The summed E-state index contributed by atoms with van der Waals surface area (Å²) in [5.41, 5.74) is 0.937. The van der Waals surface area contributed by atoms with Crippen LogP contribution in [0.1, 0.15) is 33.3 Å². The first-order valence-corrected chi connectivity index (χ1v) is 7.01. The summed E-state index contributed by atoms with van der Waals surface area (Å²) >= 11 is 1.57. The lowest BCUT2D eigenvalue weighted by Crippen LogP contribution is -2.35. The number of rotatable bonds is 5. The number of hydrogen-bond acceptors (Lipinski definition) is 3. The van der Waals surface area contributed by atoms with E-state index in [2.05, 4.69) is 26.1 Å². The van der Waals surface area contributed by atoms with E-state index in [4.69, 9.17) is 5.11 Å². The lowest BCUT2D eigenvalue weighted by Gasteiger charge is -2.22. The Bertz CT molecular complexity index is 390. The van der Waals surface area contributed by atoms with Crippen molar-refractivity contribution in [3.8, 4) is 0 Å². The molecule has 2 nitrogen and oxygen atoms in total. The van der Waals surface area contributed by atoms with Crippen molar-refractivity contribution in [1.82, 2.24) is 5.32 Å². The van der Waals surface area contributed by atoms with Crippen LogP contribution in [0.3, 0.4) is 0 Å². The van der Waals surface area contributed by atoms with Crippen LogP contribution in [0.5, 0.6) is 0 Å². The maximum Gasteiger partial charge on any atom is 0.123 e. The molecular formula is C14H22FNOS. The van der Waals surface area contributed by atoms with Crippen molar-refractivity contribution in [3.05, 3.63) is 29.6 Å². The molecule has 4 heteroatoms. The minimum atomic E-state index is -0.221. The Hall–Kier alpha value is -0.580. The van der Waals surface area contributed by atoms with Crippen molar-refractivity contribution in [3.63, 3.8) is 0 Å². The topological polar surface area (TPSA) is 32.3 Å². The van der Waals surface area contributed by atoms with E-state index >= 15 is 0 Å². The van der Waals surface area contributed by atoms with Crippen LogP contribution in [-0.2, 0) is 6.54 Å². The van der Waals surface area contributed by atoms with Gasteiger partial charge in [-0.25, -0.2) is 4.39 Å². The normalized spacial score (nSPS) is 13.7. The van der Waals surface area contributed by atoms with E-state index in [0.717, 1.165) is 10.5 Å². The minimum Gasteiger partial charge on any atom is -0.395 e. The number of benzene rings is 1. The molecule has 0 aliphatic heterocycles. The van der Waals surface area contributed by atoms with Gasteiger partial charge in [-0.1, -0.05) is 6.92 Å². The average Bonchev–Trinajstić information content (AvgIpc) is 2.28. The molecule has 0 heterocycles. The second-order valence-electron chi connectivity index (χ2n) is 5.47. The summed E-state index contributed by atoms with van der Waals surface area (Å²) in [5.74, 6) is -0.221. The first-order valence-electron chi connectivity index (χ1n) is 6.13.